The van der Waals surface area contributed by atoms with Gasteiger partial charge in [-0.2, -0.15) is 0 Å². The van der Waals surface area contributed by atoms with Gasteiger partial charge in [0.15, 0.2) is 5.78 Å². The molecule has 0 radical (unpaired) electrons. The minimum absolute atomic E-state index is 0.100. The molecule has 0 aromatic heterocycles. The Morgan fingerprint density at radius 2 is 1.52 bits per heavy atom. The second kappa shape index (κ2) is 5.96. The molecule has 0 fully saturated rings. The summed E-state index contributed by atoms with van der Waals surface area (Å²) in [6, 6.07) is 9.70. The van der Waals surface area contributed by atoms with Crippen LogP contribution in [0.25, 0.3) is 0 Å². The van der Waals surface area contributed by atoms with Crippen molar-refractivity contribution in [3.63, 3.8) is 0 Å². The van der Waals surface area contributed by atoms with Gasteiger partial charge in [0.1, 0.15) is 11.5 Å². The first-order chi connectivity index (χ1) is 9.94. The van der Waals surface area contributed by atoms with Crippen LogP contribution in [0.3, 0.4) is 0 Å². The topological polar surface area (TPSA) is 98.7 Å². The molecule has 108 valence electrons. The van der Waals surface area contributed by atoms with Crippen molar-refractivity contribution in [3.8, 4) is 11.5 Å². The number of ketones is 1. The van der Waals surface area contributed by atoms with Crippen LogP contribution in [0.4, 0.5) is 16.2 Å². The molecule has 21 heavy (non-hydrogen) atoms. The van der Waals surface area contributed by atoms with Gasteiger partial charge >= 0.3 is 6.03 Å². The van der Waals surface area contributed by atoms with E-state index in [4.69, 9.17) is 0 Å². The van der Waals surface area contributed by atoms with Gasteiger partial charge in [0.05, 0.1) is 0 Å². The Balaban J connectivity index is 2.08. The number of carbonyl (C=O) groups is 2. The number of carbonyl (C=O) groups excluding carboxylic acids is 2. The highest BCUT2D eigenvalue weighted by molar-refractivity contribution is 6.01. The predicted molar refractivity (Wildman–Crippen MR) is 78.9 cm³/mol. The van der Waals surface area contributed by atoms with Gasteiger partial charge in [-0.25, -0.2) is 4.79 Å². The van der Waals surface area contributed by atoms with E-state index in [0.717, 1.165) is 6.07 Å². The molecule has 0 atom stereocenters. The molecule has 0 aliphatic carbocycles. The summed E-state index contributed by atoms with van der Waals surface area (Å²) in [5, 5.41) is 23.7. The lowest BCUT2D eigenvalue weighted by Crippen LogP contribution is -2.19. The van der Waals surface area contributed by atoms with Crippen LogP contribution in [0, 0.1) is 0 Å². The molecule has 2 aromatic carbocycles. The third-order valence-electron chi connectivity index (χ3n) is 2.69. The Hall–Kier alpha value is -3.02. The highest BCUT2D eigenvalue weighted by Crippen LogP contribution is 2.24. The Morgan fingerprint density at radius 3 is 2.14 bits per heavy atom. The Kier molecular flexibility index (Phi) is 4.08. The molecule has 6 nitrogen and oxygen atoms in total. The van der Waals surface area contributed by atoms with Crippen molar-refractivity contribution in [2.24, 2.45) is 0 Å². The molecule has 0 aliphatic heterocycles. The summed E-state index contributed by atoms with van der Waals surface area (Å²) in [7, 11) is 0. The van der Waals surface area contributed by atoms with Crippen molar-refractivity contribution in [1.29, 1.82) is 0 Å². The average Bonchev–Trinajstić information content (AvgIpc) is 2.37. The van der Waals surface area contributed by atoms with Crippen LogP contribution < -0.4 is 10.6 Å². The van der Waals surface area contributed by atoms with Crippen LogP contribution in [-0.2, 0) is 0 Å². The van der Waals surface area contributed by atoms with Gasteiger partial charge in [-0.05, 0) is 19.1 Å². The van der Waals surface area contributed by atoms with Gasteiger partial charge in [-0.15, -0.1) is 0 Å². The van der Waals surface area contributed by atoms with E-state index in [9.17, 15) is 19.8 Å². The second-order valence-corrected chi connectivity index (χ2v) is 4.45. The number of urea groups is 1. The molecule has 0 heterocycles. The van der Waals surface area contributed by atoms with Gasteiger partial charge < -0.3 is 20.8 Å². The molecule has 2 aromatic rings. The number of amides is 2. The predicted octanol–water partition coefficient (Wildman–Crippen LogP) is 2.94. The zero-order chi connectivity index (χ0) is 15.4. The van der Waals surface area contributed by atoms with Gasteiger partial charge in [0.25, 0.3) is 0 Å². The number of phenolic OH excluding ortho intramolecular Hbond substituents is 2. The fourth-order valence-electron chi connectivity index (χ4n) is 1.78. The Labute approximate surface area is 121 Å². The average molecular weight is 286 g/mol. The first kappa shape index (κ1) is 14.4. The van der Waals surface area contributed by atoms with E-state index in [1.54, 1.807) is 24.3 Å². The lowest BCUT2D eigenvalue weighted by Gasteiger charge is -2.09. The van der Waals surface area contributed by atoms with Crippen LogP contribution in [0.1, 0.15) is 17.3 Å². The number of rotatable bonds is 3. The van der Waals surface area contributed by atoms with Crippen LogP contribution >= 0.6 is 0 Å². The van der Waals surface area contributed by atoms with E-state index in [0.29, 0.717) is 11.3 Å². The summed E-state index contributed by atoms with van der Waals surface area (Å²) in [6.45, 7) is 1.44. The number of hydrogen-bond acceptors (Lipinski definition) is 4. The van der Waals surface area contributed by atoms with E-state index < -0.39 is 6.03 Å². The number of phenols is 2. The third-order valence-corrected chi connectivity index (χ3v) is 2.69. The molecule has 0 saturated heterocycles. The molecule has 4 N–H and O–H groups in total. The number of anilines is 2. The molecule has 0 spiro atoms. The minimum atomic E-state index is -0.555. The summed E-state index contributed by atoms with van der Waals surface area (Å²) in [5.74, 6) is -0.426. The van der Waals surface area contributed by atoms with Crippen LogP contribution in [-0.4, -0.2) is 22.0 Å². The monoisotopic (exact) mass is 286 g/mol. The van der Waals surface area contributed by atoms with E-state index in [1.807, 2.05) is 0 Å². The molecule has 0 bridgehead atoms. The Bertz CT molecular complexity index is 678. The number of nitrogens with one attached hydrogen (secondary N) is 2. The summed E-state index contributed by atoms with van der Waals surface area (Å²) < 4.78 is 0. The van der Waals surface area contributed by atoms with Crippen molar-refractivity contribution >= 4 is 23.2 Å². The smallest absolute Gasteiger partial charge is 0.323 e. The molecule has 6 heteroatoms. The van der Waals surface area contributed by atoms with Gasteiger partial charge in [0.2, 0.25) is 0 Å². The van der Waals surface area contributed by atoms with Crippen LogP contribution in [0.15, 0.2) is 42.5 Å². The minimum Gasteiger partial charge on any atom is -0.508 e. The van der Waals surface area contributed by atoms with E-state index in [2.05, 4.69) is 10.6 Å². The number of aromatic hydroxyl groups is 2. The number of Topliss-reactive ketones (excluding diaryl/α,β-unsaturated/α-hetero) is 1. The second-order valence-electron chi connectivity index (χ2n) is 4.45. The third kappa shape index (κ3) is 3.97. The zero-order valence-corrected chi connectivity index (χ0v) is 11.3. The van der Waals surface area contributed by atoms with E-state index >= 15 is 0 Å². The summed E-state index contributed by atoms with van der Waals surface area (Å²) >= 11 is 0. The van der Waals surface area contributed by atoms with Crippen molar-refractivity contribution in [3.05, 3.63) is 48.0 Å². The first-order valence-electron chi connectivity index (χ1n) is 6.16. The lowest BCUT2D eigenvalue weighted by atomic mass is 10.1. The maximum absolute atomic E-state index is 11.8. The van der Waals surface area contributed by atoms with Crippen molar-refractivity contribution < 1.29 is 19.8 Å². The normalized spacial score (nSPS) is 9.95. The summed E-state index contributed by atoms with van der Waals surface area (Å²) in [5.41, 5.74) is 1.19. The number of hydrogen-bond donors (Lipinski definition) is 4. The summed E-state index contributed by atoms with van der Waals surface area (Å²) in [6.07, 6.45) is 0. The van der Waals surface area contributed by atoms with Gasteiger partial charge in [-0.1, -0.05) is 12.1 Å². The van der Waals surface area contributed by atoms with E-state index in [1.165, 1.54) is 19.1 Å². The molecular formula is C15H14N2O4. The first-order valence-corrected chi connectivity index (χ1v) is 6.16. The summed E-state index contributed by atoms with van der Waals surface area (Å²) in [4.78, 5) is 23.1. The van der Waals surface area contributed by atoms with Gasteiger partial charge in [0, 0.05) is 35.1 Å². The van der Waals surface area contributed by atoms with Gasteiger partial charge in [-0.3, -0.25) is 4.79 Å². The lowest BCUT2D eigenvalue weighted by molar-refractivity contribution is 0.101. The Morgan fingerprint density at radius 1 is 0.905 bits per heavy atom. The van der Waals surface area contributed by atoms with Crippen molar-refractivity contribution in [2.75, 3.05) is 10.6 Å². The molecule has 0 aliphatic rings. The van der Waals surface area contributed by atoms with Crippen LogP contribution in [0.2, 0.25) is 0 Å². The maximum atomic E-state index is 11.8. The maximum Gasteiger partial charge on any atom is 0.323 e. The highest BCUT2D eigenvalue weighted by Gasteiger charge is 2.06. The van der Waals surface area contributed by atoms with Crippen molar-refractivity contribution in [2.45, 2.75) is 6.92 Å². The molecule has 0 unspecified atom stereocenters. The highest BCUT2D eigenvalue weighted by atomic mass is 16.3. The largest absolute Gasteiger partial charge is 0.508 e. The molecule has 2 amide bonds. The van der Waals surface area contributed by atoms with Crippen LogP contribution in [0.5, 0.6) is 11.5 Å². The standard InChI is InChI=1S/C15H14N2O4/c1-9(18)10-3-2-4-11(5-10)16-15(21)17-12-6-13(19)8-14(20)7-12/h2-8,19-20H,1H3,(H2,16,17,21). The molecule has 0 saturated carbocycles. The van der Waals surface area contributed by atoms with E-state index in [-0.39, 0.29) is 23.0 Å². The fraction of sp³-hybridized carbons (Fsp3) is 0.0667. The van der Waals surface area contributed by atoms with Crippen molar-refractivity contribution in [1.82, 2.24) is 0 Å². The fourth-order valence-corrected chi connectivity index (χ4v) is 1.78. The quantitative estimate of drug-likeness (QED) is 0.652. The zero-order valence-electron chi connectivity index (χ0n) is 11.3. The number of benzene rings is 2. The SMILES string of the molecule is CC(=O)c1cccc(NC(=O)Nc2cc(O)cc(O)c2)c1. The molecule has 2 rings (SSSR count). The molecular weight excluding hydrogens is 272 g/mol.